The largest absolute Gasteiger partial charge is 0.346 e. The highest BCUT2D eigenvalue weighted by atomic mass is 16.2. The predicted octanol–water partition coefficient (Wildman–Crippen LogP) is 2.17. The number of likely N-dealkylation sites (tertiary alicyclic amines) is 1. The Morgan fingerprint density at radius 3 is 2.36 bits per heavy atom. The first-order chi connectivity index (χ1) is 21.9. The van der Waals surface area contributed by atoms with Crippen molar-refractivity contribution in [3.8, 4) is 0 Å². The number of carbonyl (C=O) groups is 6. The number of urea groups is 2. The van der Waals surface area contributed by atoms with Crippen molar-refractivity contribution in [3.05, 3.63) is 12.7 Å². The lowest BCUT2D eigenvalue weighted by Crippen LogP contribution is -2.62. The van der Waals surface area contributed by atoms with Crippen molar-refractivity contribution in [2.24, 2.45) is 28.6 Å². The Labute approximate surface area is 279 Å². The number of Topliss-reactive ketones (excluding diaryl/α,β-unsaturated/α-hetero) is 1. The van der Waals surface area contributed by atoms with Crippen molar-refractivity contribution >= 4 is 35.6 Å². The van der Waals surface area contributed by atoms with E-state index in [0.717, 1.165) is 6.42 Å². The smallest absolute Gasteiger partial charge is 0.317 e. The van der Waals surface area contributed by atoms with E-state index in [1.165, 1.54) is 6.08 Å². The van der Waals surface area contributed by atoms with Crippen molar-refractivity contribution in [3.63, 3.8) is 0 Å². The molecule has 2 saturated heterocycles. The van der Waals surface area contributed by atoms with Crippen LogP contribution in [0.5, 0.6) is 0 Å². The Morgan fingerprint density at radius 1 is 1.11 bits per heavy atom. The van der Waals surface area contributed by atoms with Crippen LogP contribution in [-0.2, 0) is 19.2 Å². The zero-order valence-electron chi connectivity index (χ0n) is 29.5. The molecule has 1 aliphatic carbocycles. The van der Waals surface area contributed by atoms with Crippen LogP contribution in [0.15, 0.2) is 12.7 Å². The second-order valence-electron chi connectivity index (χ2n) is 15.4. The summed E-state index contributed by atoms with van der Waals surface area (Å²) in [6.45, 7) is 21.2. The van der Waals surface area contributed by atoms with Crippen LogP contribution >= 0.6 is 0 Å². The summed E-state index contributed by atoms with van der Waals surface area (Å²) in [6, 6.07) is -3.86. The van der Waals surface area contributed by atoms with Gasteiger partial charge in [-0.3, -0.25) is 19.2 Å². The standard InChI is InChI=1S/C34H57N7O6/c1-10-13-23(26(42)29(44)35-14-11-2)38-28(43)25-24-22(34(24,8)9)19-41(25)30(45)27(33(5,6)7)39-31(46)37-21(17-20(3)4)18-40-16-12-15-36-32(40)47/h11,20-25,27H,2,10,12-19H2,1,3-9H3,(H,35,44)(H,36,47)(H,38,43)(H2,37,39,46)/t21-,22-,23?,24-,25-,27+/m0/s1. The van der Waals surface area contributed by atoms with E-state index in [-0.39, 0.29) is 54.1 Å². The van der Waals surface area contributed by atoms with Gasteiger partial charge in [0.15, 0.2) is 0 Å². The molecule has 3 fully saturated rings. The van der Waals surface area contributed by atoms with Crippen LogP contribution in [0.2, 0.25) is 0 Å². The predicted molar refractivity (Wildman–Crippen MR) is 179 cm³/mol. The van der Waals surface area contributed by atoms with Gasteiger partial charge in [0, 0.05) is 38.8 Å². The third kappa shape index (κ3) is 9.25. The van der Waals surface area contributed by atoms with Gasteiger partial charge in [-0.25, -0.2) is 9.59 Å². The van der Waals surface area contributed by atoms with Crippen molar-refractivity contribution in [2.45, 2.75) is 105 Å². The number of hydrogen-bond donors (Lipinski definition) is 5. The molecule has 13 nitrogen and oxygen atoms in total. The molecule has 0 radical (unpaired) electrons. The van der Waals surface area contributed by atoms with E-state index in [1.807, 2.05) is 41.5 Å². The van der Waals surface area contributed by atoms with Crippen LogP contribution in [0.4, 0.5) is 9.59 Å². The zero-order valence-corrected chi connectivity index (χ0v) is 29.5. The van der Waals surface area contributed by atoms with Gasteiger partial charge in [-0.15, -0.1) is 6.58 Å². The van der Waals surface area contributed by atoms with Gasteiger partial charge in [-0.1, -0.05) is 67.9 Å². The van der Waals surface area contributed by atoms with Gasteiger partial charge in [0.25, 0.3) is 5.91 Å². The Morgan fingerprint density at radius 2 is 1.79 bits per heavy atom. The highest BCUT2D eigenvalue weighted by molar-refractivity contribution is 6.38. The number of nitrogens with zero attached hydrogens (tertiary/aromatic N) is 2. The summed E-state index contributed by atoms with van der Waals surface area (Å²) in [4.78, 5) is 82.8. The molecule has 264 valence electrons. The number of carbonyl (C=O) groups excluding carboxylic acids is 6. The second-order valence-corrected chi connectivity index (χ2v) is 15.4. The topological polar surface area (TPSA) is 169 Å². The molecule has 6 atom stereocenters. The number of hydrogen-bond acceptors (Lipinski definition) is 6. The highest BCUT2D eigenvalue weighted by Crippen LogP contribution is 2.65. The van der Waals surface area contributed by atoms with E-state index < -0.39 is 47.2 Å². The number of nitrogens with one attached hydrogen (secondary N) is 5. The SMILES string of the molecule is C=CCNC(=O)C(=O)C(CCC)NC(=O)[C@@H]1[C@@H]2[C@H](CN1C(=O)[C@@H](NC(=O)N[C@@H](CC(C)C)CN1CCCNC1=O)C(C)(C)C)C2(C)C. The molecule has 0 spiro atoms. The minimum absolute atomic E-state index is 0.0824. The van der Waals surface area contributed by atoms with Gasteiger partial charge in [-0.05, 0) is 47.8 Å². The molecule has 3 rings (SSSR count). The average Bonchev–Trinajstić information content (AvgIpc) is 3.29. The maximum absolute atomic E-state index is 14.3. The monoisotopic (exact) mass is 659 g/mol. The van der Waals surface area contributed by atoms with Crippen molar-refractivity contribution < 1.29 is 28.8 Å². The lowest BCUT2D eigenvalue weighted by Gasteiger charge is -2.38. The highest BCUT2D eigenvalue weighted by Gasteiger charge is 2.70. The second kappa shape index (κ2) is 15.5. The minimum atomic E-state index is -1.03. The van der Waals surface area contributed by atoms with Crippen LogP contribution in [0.25, 0.3) is 0 Å². The number of amides is 7. The fourth-order valence-electron chi connectivity index (χ4n) is 7.08. The van der Waals surface area contributed by atoms with Gasteiger partial charge in [-0.2, -0.15) is 0 Å². The fourth-order valence-corrected chi connectivity index (χ4v) is 7.08. The van der Waals surface area contributed by atoms with E-state index >= 15 is 0 Å². The van der Waals surface area contributed by atoms with E-state index in [2.05, 4.69) is 47.0 Å². The number of ketones is 1. The summed E-state index contributed by atoms with van der Waals surface area (Å²) in [7, 11) is 0. The lowest BCUT2D eigenvalue weighted by atomic mass is 9.85. The summed E-state index contributed by atoms with van der Waals surface area (Å²) in [5.74, 6) is -2.19. The quantitative estimate of drug-likeness (QED) is 0.133. The van der Waals surface area contributed by atoms with E-state index in [1.54, 1.807) is 9.80 Å². The molecular weight excluding hydrogens is 602 g/mol. The van der Waals surface area contributed by atoms with Crippen LogP contribution in [-0.4, -0.2) is 102 Å². The Bertz CT molecular complexity index is 1210. The Balaban J connectivity index is 1.79. The number of fused-ring (bicyclic) bond motifs is 1. The molecule has 5 N–H and O–H groups in total. The van der Waals surface area contributed by atoms with Crippen molar-refractivity contribution in [1.82, 2.24) is 36.4 Å². The van der Waals surface area contributed by atoms with Gasteiger partial charge in [0.1, 0.15) is 12.1 Å². The van der Waals surface area contributed by atoms with Gasteiger partial charge in [0.2, 0.25) is 17.6 Å². The molecule has 0 bridgehead atoms. The van der Waals surface area contributed by atoms with Crippen LogP contribution < -0.4 is 26.6 Å². The van der Waals surface area contributed by atoms with E-state index in [9.17, 15) is 28.8 Å². The molecule has 2 aliphatic heterocycles. The third-order valence-electron chi connectivity index (χ3n) is 9.69. The maximum Gasteiger partial charge on any atom is 0.317 e. The van der Waals surface area contributed by atoms with Crippen LogP contribution in [0.3, 0.4) is 0 Å². The summed E-state index contributed by atoms with van der Waals surface area (Å²) in [5, 5.41) is 14.0. The third-order valence-corrected chi connectivity index (χ3v) is 9.69. The van der Waals surface area contributed by atoms with Gasteiger partial charge in [0.05, 0.1) is 6.04 Å². The fraction of sp³-hybridized carbons (Fsp3) is 0.765. The summed E-state index contributed by atoms with van der Waals surface area (Å²) < 4.78 is 0. The Kier molecular flexibility index (Phi) is 12.5. The molecule has 3 aliphatic rings. The van der Waals surface area contributed by atoms with Crippen LogP contribution in [0, 0.1) is 28.6 Å². The molecule has 13 heteroatoms. The van der Waals surface area contributed by atoms with E-state index in [4.69, 9.17) is 0 Å². The summed E-state index contributed by atoms with van der Waals surface area (Å²) >= 11 is 0. The first-order valence-corrected chi connectivity index (χ1v) is 17.1. The number of rotatable bonds is 15. The first-order valence-electron chi connectivity index (χ1n) is 17.1. The molecule has 0 aromatic rings. The van der Waals surface area contributed by atoms with Gasteiger partial charge < -0.3 is 36.4 Å². The molecular formula is C34H57N7O6. The molecule has 0 aromatic carbocycles. The van der Waals surface area contributed by atoms with Crippen LogP contribution in [0.1, 0.15) is 81.1 Å². The Hall–Kier alpha value is -3.64. The van der Waals surface area contributed by atoms with E-state index in [0.29, 0.717) is 39.0 Å². The normalized spacial score (nSPS) is 23.5. The molecule has 7 amide bonds. The van der Waals surface area contributed by atoms with Crippen molar-refractivity contribution in [2.75, 3.05) is 32.7 Å². The zero-order chi connectivity index (χ0) is 35.3. The summed E-state index contributed by atoms with van der Waals surface area (Å²) in [5.41, 5.74) is -0.890. The molecule has 1 unspecified atom stereocenters. The first kappa shape index (κ1) is 37.8. The minimum Gasteiger partial charge on any atom is -0.346 e. The molecule has 47 heavy (non-hydrogen) atoms. The maximum atomic E-state index is 14.3. The average molecular weight is 660 g/mol. The summed E-state index contributed by atoms with van der Waals surface area (Å²) in [6.07, 6.45) is 3.76. The van der Waals surface area contributed by atoms with Gasteiger partial charge >= 0.3 is 12.1 Å². The number of piperidine rings is 1. The lowest BCUT2D eigenvalue weighted by molar-refractivity contribution is -0.145. The van der Waals surface area contributed by atoms with Crippen molar-refractivity contribution in [1.29, 1.82) is 0 Å². The molecule has 1 saturated carbocycles. The molecule has 0 aromatic heterocycles. The molecule has 2 heterocycles.